The number of anilines is 2. The van der Waals surface area contributed by atoms with Crippen molar-refractivity contribution in [2.45, 2.75) is 44.9 Å². The minimum Gasteiger partial charge on any atom is -0.467 e. The van der Waals surface area contributed by atoms with Crippen LogP contribution in [0.2, 0.25) is 0 Å². The first kappa shape index (κ1) is 40.3. The lowest BCUT2D eigenvalue weighted by atomic mass is 10.0. The van der Waals surface area contributed by atoms with Gasteiger partial charge in [0.1, 0.15) is 31.0 Å². The molecule has 0 spiro atoms. The van der Waals surface area contributed by atoms with Crippen LogP contribution >= 0.6 is 23.8 Å². The number of quaternary nitrogens is 1. The van der Waals surface area contributed by atoms with Crippen LogP contribution in [0.5, 0.6) is 6.01 Å². The second-order valence-corrected chi connectivity index (χ2v) is 13.7. The number of methoxy groups -OCH3 is 1. The number of fused-ring (bicyclic) bond motifs is 2. The van der Waals surface area contributed by atoms with Gasteiger partial charge in [0.05, 0.1) is 45.2 Å². The molecule has 2 atom stereocenters. The number of hydrogen-bond donors (Lipinski definition) is 2. The van der Waals surface area contributed by atoms with Crippen LogP contribution < -0.4 is 14.5 Å². The zero-order chi connectivity index (χ0) is 36.4. The Balaban J connectivity index is 0.000000292. The zero-order valence-electron chi connectivity index (χ0n) is 29.9. The second kappa shape index (κ2) is 21.2. The van der Waals surface area contributed by atoms with E-state index in [1.54, 1.807) is 13.2 Å². The molecule has 2 aromatic carbocycles. The van der Waals surface area contributed by atoms with Gasteiger partial charge in [0.25, 0.3) is 0 Å². The first-order valence-electron chi connectivity index (χ1n) is 16.7. The Labute approximate surface area is 307 Å². The molecule has 3 aliphatic rings. The average molecular weight is 717 g/mol. The number of nitrogens with zero attached hydrogens (tertiary/aromatic N) is 7. The first-order valence-corrected chi connectivity index (χ1v) is 18.2. The summed E-state index contributed by atoms with van der Waals surface area (Å²) in [6.45, 7) is 9.28. The Hall–Kier alpha value is -4.13. The van der Waals surface area contributed by atoms with Gasteiger partial charge in [0.2, 0.25) is 0 Å². The van der Waals surface area contributed by atoms with E-state index >= 15 is 0 Å². The Morgan fingerprint density at radius 3 is 2.54 bits per heavy atom. The highest BCUT2D eigenvalue weighted by Crippen LogP contribution is 2.34. The highest BCUT2D eigenvalue weighted by atomic mass is 32.1. The molecule has 0 amide bonds. The molecule has 12 heteroatoms. The maximum Gasteiger partial charge on any atom is 0.318 e. The van der Waals surface area contributed by atoms with Crippen molar-refractivity contribution in [3.05, 3.63) is 66.1 Å². The maximum atomic E-state index is 9.28. The van der Waals surface area contributed by atoms with E-state index in [0.29, 0.717) is 12.3 Å². The summed E-state index contributed by atoms with van der Waals surface area (Å²) >= 11 is 6.36. The molecule has 6 rings (SSSR count). The van der Waals surface area contributed by atoms with E-state index in [4.69, 9.17) is 25.1 Å². The summed E-state index contributed by atoms with van der Waals surface area (Å²) in [5.41, 5.74) is 3.53. The number of benzene rings is 2. The minimum absolute atomic E-state index is 0.237. The summed E-state index contributed by atoms with van der Waals surface area (Å²) in [4.78, 5) is 25.8. The smallest absolute Gasteiger partial charge is 0.318 e. The zero-order valence-corrected chi connectivity index (χ0v) is 31.6. The summed E-state index contributed by atoms with van der Waals surface area (Å²) in [5.74, 6) is 5.91. The number of ether oxygens (including phenoxy) is 1. The van der Waals surface area contributed by atoms with E-state index in [0.717, 1.165) is 59.7 Å². The number of aliphatic hydroxyl groups excluding tert-OH is 1. The minimum atomic E-state index is -0.237. The standard InChI is InChI=1S/C24H27N5OS.C8H15NS.C4H4O2.C2H3N/c1-29(17-31)14-12-27(13-15-29)23-20-10-11-28(16-21(20)25-24(26-23)30-2)22-9-5-7-18-6-3-4-8-19(18)22;1-3-10-8-5-4-6-9(2)7-8;5-3-1-2-4-6;1-2-3/h3-9,12,14H,10-11,13,15-17H2,1-2H3;8H,4-7H2,1-2H3;3,6H,4H2;1H3/p+1. The lowest BCUT2D eigenvalue weighted by Gasteiger charge is -2.37. The van der Waals surface area contributed by atoms with Gasteiger partial charge in [-0.25, -0.2) is 0 Å². The van der Waals surface area contributed by atoms with Crippen molar-refractivity contribution in [2.24, 2.45) is 0 Å². The molecule has 4 heterocycles. The van der Waals surface area contributed by atoms with Crippen LogP contribution in [0.25, 0.3) is 10.8 Å². The predicted octanol–water partition coefficient (Wildman–Crippen LogP) is 5.33. The number of piperidine rings is 1. The van der Waals surface area contributed by atoms with Crippen LogP contribution in [0, 0.1) is 28.4 Å². The van der Waals surface area contributed by atoms with Crippen LogP contribution in [0.1, 0.15) is 37.9 Å². The first-order chi connectivity index (χ1) is 24.3. The molecule has 1 N–H and O–H groups in total. The number of aldehydes is 1. The van der Waals surface area contributed by atoms with Crippen LogP contribution in [0.15, 0.2) is 54.9 Å². The second-order valence-electron chi connectivity index (χ2n) is 12.1. The number of likely N-dealkylation sites (N-methyl/N-ethyl adjacent to an activating group) is 1. The summed E-state index contributed by atoms with van der Waals surface area (Å²) < 4.78 is 6.30. The third kappa shape index (κ3) is 11.7. The van der Waals surface area contributed by atoms with Crippen molar-refractivity contribution in [2.75, 3.05) is 76.2 Å². The number of carbonyl (C=O) groups is 1. The van der Waals surface area contributed by atoms with Crippen molar-refractivity contribution in [1.82, 2.24) is 14.9 Å². The van der Waals surface area contributed by atoms with Gasteiger partial charge in [0.15, 0.2) is 6.29 Å². The fourth-order valence-corrected chi connectivity index (χ4v) is 7.08. The van der Waals surface area contributed by atoms with Crippen molar-refractivity contribution in [1.29, 1.82) is 5.26 Å². The number of rotatable bonds is 4. The van der Waals surface area contributed by atoms with E-state index in [9.17, 15) is 4.79 Å². The van der Waals surface area contributed by atoms with E-state index in [2.05, 4.69) is 107 Å². The summed E-state index contributed by atoms with van der Waals surface area (Å²) in [6, 6.07) is 17.2. The largest absolute Gasteiger partial charge is 0.467 e. The van der Waals surface area contributed by atoms with Crippen LogP contribution in [0.3, 0.4) is 0 Å². The number of aromatic nitrogens is 2. The monoisotopic (exact) mass is 716 g/mol. The number of nitriles is 1. The molecule has 2 unspecified atom stereocenters. The predicted molar refractivity (Wildman–Crippen MR) is 209 cm³/mol. The number of aliphatic hydroxyl groups is 1. The van der Waals surface area contributed by atoms with Crippen molar-refractivity contribution < 1.29 is 19.1 Å². The van der Waals surface area contributed by atoms with Gasteiger partial charge in [-0.05, 0) is 57.2 Å². The SMILES string of the molecule is CC#N.CC#SC1CCCN(C)C1.COc1nc2c(c(N3C=C[N+](C)(CS)CC3)n1)CCN(c1cccc3ccccc13)C2.O=CC#CCO. The van der Waals surface area contributed by atoms with Crippen molar-refractivity contribution >= 4 is 52.4 Å². The third-order valence-electron chi connectivity index (χ3n) is 8.47. The molecular weight excluding hydrogens is 667 g/mol. The molecule has 0 aliphatic carbocycles. The Kier molecular flexibility index (Phi) is 17.1. The van der Waals surface area contributed by atoms with E-state index < -0.39 is 0 Å². The average Bonchev–Trinajstić information content (AvgIpc) is 3.14. The van der Waals surface area contributed by atoms with Gasteiger partial charge >= 0.3 is 6.01 Å². The maximum absolute atomic E-state index is 9.28. The molecule has 266 valence electrons. The lowest BCUT2D eigenvalue weighted by molar-refractivity contribution is -0.846. The summed E-state index contributed by atoms with van der Waals surface area (Å²) in [6.07, 6.45) is 8.41. The van der Waals surface area contributed by atoms with E-state index in [-0.39, 0.29) is 6.61 Å². The Morgan fingerprint density at radius 1 is 1.16 bits per heavy atom. The van der Waals surface area contributed by atoms with Gasteiger partial charge in [-0.15, -0.1) is 23.8 Å². The number of hydrogen-bond acceptors (Lipinski definition) is 10. The molecule has 50 heavy (non-hydrogen) atoms. The molecule has 0 bridgehead atoms. The van der Waals surface area contributed by atoms with Gasteiger partial charge in [-0.1, -0.05) is 47.5 Å². The van der Waals surface area contributed by atoms with Gasteiger partial charge < -0.3 is 24.5 Å². The molecular formula is C38H50N7O3S2+. The Morgan fingerprint density at radius 2 is 1.92 bits per heavy atom. The summed E-state index contributed by atoms with van der Waals surface area (Å²) in [5, 5.41) is 21.7. The summed E-state index contributed by atoms with van der Waals surface area (Å²) in [7, 11) is 6.03. The number of likely N-dealkylation sites (tertiary alicyclic amines) is 1. The molecule has 3 aromatic rings. The van der Waals surface area contributed by atoms with Crippen LogP contribution in [0.4, 0.5) is 11.5 Å². The quantitative estimate of drug-likeness (QED) is 0.161. The number of carbonyl (C=O) groups excluding carboxylic acids is 1. The highest BCUT2D eigenvalue weighted by Gasteiger charge is 2.29. The van der Waals surface area contributed by atoms with E-state index in [1.165, 1.54) is 54.9 Å². The molecule has 3 aliphatic heterocycles. The molecule has 0 saturated carbocycles. The fraction of sp³-hybridized carbons (Fsp3) is 0.447. The molecule has 1 saturated heterocycles. The van der Waals surface area contributed by atoms with Crippen molar-refractivity contribution in [3.63, 3.8) is 0 Å². The normalized spacial score (nSPS) is 19.2. The van der Waals surface area contributed by atoms with Gasteiger partial charge in [-0.3, -0.25) is 9.28 Å². The molecule has 10 nitrogen and oxygen atoms in total. The van der Waals surface area contributed by atoms with Gasteiger partial charge in [-0.2, -0.15) is 15.2 Å². The molecule has 1 fully saturated rings. The molecule has 1 aromatic heterocycles. The van der Waals surface area contributed by atoms with Crippen LogP contribution in [-0.2, 0) is 17.8 Å². The molecule has 0 radical (unpaired) electrons. The van der Waals surface area contributed by atoms with Crippen molar-refractivity contribution in [3.8, 4) is 29.1 Å². The highest BCUT2D eigenvalue weighted by molar-refractivity contribution is 7.89. The third-order valence-corrected chi connectivity index (χ3v) is 10.1. The van der Waals surface area contributed by atoms with Gasteiger partial charge in [0, 0.05) is 41.9 Å². The Bertz CT molecular complexity index is 1750. The van der Waals surface area contributed by atoms with Crippen LogP contribution in [-0.4, -0.2) is 102 Å². The topological polar surface area (TPSA) is 106 Å². The number of thiol groups is 1. The lowest BCUT2D eigenvalue weighted by Crippen LogP contribution is -2.47. The van der Waals surface area contributed by atoms with E-state index in [1.807, 2.05) is 24.0 Å². The fourth-order valence-electron chi connectivity index (χ4n) is 5.90.